The zero-order valence-electron chi connectivity index (χ0n) is 10.1. The Kier molecular flexibility index (Phi) is 7.43. The van der Waals surface area contributed by atoms with Gasteiger partial charge in [0.05, 0.1) is 18.2 Å². The highest BCUT2D eigenvalue weighted by Crippen LogP contribution is 2.18. The number of anilines is 1. The van der Waals surface area contributed by atoms with E-state index in [1.807, 2.05) is 0 Å². The largest absolute Gasteiger partial charge is 0.380 e. The molecular formula is C11H14ClF3N2O2. The smallest absolute Gasteiger partial charge is 0.227 e. The molecule has 4 nitrogen and oxygen atoms in total. The van der Waals surface area contributed by atoms with Gasteiger partial charge in [-0.25, -0.2) is 13.2 Å². The molecule has 19 heavy (non-hydrogen) atoms. The molecule has 0 saturated heterocycles. The molecule has 0 aromatic heterocycles. The Morgan fingerprint density at radius 2 is 1.89 bits per heavy atom. The normalized spacial score (nSPS) is 11.6. The van der Waals surface area contributed by atoms with Crippen LogP contribution in [-0.4, -0.2) is 25.7 Å². The lowest BCUT2D eigenvalue weighted by molar-refractivity contribution is -0.118. The quantitative estimate of drug-likeness (QED) is 0.815. The highest BCUT2D eigenvalue weighted by molar-refractivity contribution is 5.91. The molecule has 108 valence electrons. The molecule has 1 rings (SSSR count). The molecule has 0 aliphatic rings. The van der Waals surface area contributed by atoms with Gasteiger partial charge in [-0.2, -0.15) is 0 Å². The number of amides is 1. The number of carbonyl (C=O) groups excluding carboxylic acids is 1. The summed E-state index contributed by atoms with van der Waals surface area (Å²) >= 11 is 0. The van der Waals surface area contributed by atoms with Crippen molar-refractivity contribution in [1.29, 1.82) is 0 Å². The highest BCUT2D eigenvalue weighted by Gasteiger charge is 2.15. The summed E-state index contributed by atoms with van der Waals surface area (Å²) in [7, 11) is 1.38. The number of nitrogens with one attached hydrogen (secondary N) is 1. The third kappa shape index (κ3) is 5.06. The van der Waals surface area contributed by atoms with Gasteiger partial charge in [-0.1, -0.05) is 0 Å². The molecule has 0 bridgehead atoms. The van der Waals surface area contributed by atoms with Crippen molar-refractivity contribution in [3.05, 3.63) is 29.6 Å². The van der Waals surface area contributed by atoms with E-state index in [1.165, 1.54) is 7.11 Å². The third-order valence-corrected chi connectivity index (χ3v) is 2.29. The molecule has 8 heteroatoms. The molecule has 1 atom stereocenters. The third-order valence-electron chi connectivity index (χ3n) is 2.29. The second-order valence-electron chi connectivity index (χ2n) is 3.59. The van der Waals surface area contributed by atoms with Gasteiger partial charge in [-0.05, 0) is 0 Å². The lowest BCUT2D eigenvalue weighted by Crippen LogP contribution is -2.28. The summed E-state index contributed by atoms with van der Waals surface area (Å²) in [5.74, 6) is -4.21. The predicted molar refractivity (Wildman–Crippen MR) is 66.7 cm³/mol. The molecule has 0 radical (unpaired) electrons. The van der Waals surface area contributed by atoms with Gasteiger partial charge in [0, 0.05) is 25.8 Å². The average molecular weight is 299 g/mol. The fraction of sp³-hybridized carbons (Fsp3) is 0.364. The maximum absolute atomic E-state index is 13.2. The molecule has 1 amide bonds. The Balaban J connectivity index is 0.00000324. The van der Waals surface area contributed by atoms with Gasteiger partial charge < -0.3 is 15.8 Å². The van der Waals surface area contributed by atoms with Crippen LogP contribution < -0.4 is 11.1 Å². The number of carbonyl (C=O) groups is 1. The lowest BCUT2D eigenvalue weighted by Gasteiger charge is -2.13. The van der Waals surface area contributed by atoms with Gasteiger partial charge in [0.25, 0.3) is 0 Å². The molecule has 1 aromatic carbocycles. The van der Waals surface area contributed by atoms with E-state index in [2.05, 4.69) is 5.32 Å². The first-order valence-corrected chi connectivity index (χ1v) is 5.15. The zero-order valence-corrected chi connectivity index (χ0v) is 10.9. The summed E-state index contributed by atoms with van der Waals surface area (Å²) < 4.78 is 43.6. The minimum absolute atomic E-state index is 0. The van der Waals surface area contributed by atoms with E-state index in [4.69, 9.17) is 10.5 Å². The van der Waals surface area contributed by atoms with Crippen LogP contribution in [0.3, 0.4) is 0 Å². The van der Waals surface area contributed by atoms with E-state index in [-0.39, 0.29) is 25.4 Å². The number of benzene rings is 1. The number of halogens is 4. The minimum atomic E-state index is -1.32. The number of nitrogens with two attached hydrogens (primary N) is 1. The van der Waals surface area contributed by atoms with Crippen LogP contribution in [0, 0.1) is 17.5 Å². The van der Waals surface area contributed by atoms with E-state index < -0.39 is 35.2 Å². The first-order chi connectivity index (χ1) is 8.47. The van der Waals surface area contributed by atoms with Gasteiger partial charge in [-0.3, -0.25) is 4.79 Å². The van der Waals surface area contributed by atoms with E-state index in [9.17, 15) is 18.0 Å². The van der Waals surface area contributed by atoms with Crippen molar-refractivity contribution < 1.29 is 22.7 Å². The topological polar surface area (TPSA) is 64.3 Å². The molecule has 0 saturated carbocycles. The maximum atomic E-state index is 13.2. The van der Waals surface area contributed by atoms with E-state index in [0.29, 0.717) is 12.1 Å². The van der Waals surface area contributed by atoms with Crippen molar-refractivity contribution in [1.82, 2.24) is 0 Å². The van der Waals surface area contributed by atoms with Gasteiger partial charge in [-0.15, -0.1) is 12.4 Å². The second-order valence-corrected chi connectivity index (χ2v) is 3.59. The fourth-order valence-electron chi connectivity index (χ4n) is 1.29. The van der Waals surface area contributed by atoms with Crippen molar-refractivity contribution in [3.8, 4) is 0 Å². The van der Waals surface area contributed by atoms with E-state index in [0.717, 1.165) is 0 Å². The van der Waals surface area contributed by atoms with Crippen LogP contribution in [0.1, 0.15) is 6.42 Å². The molecular weight excluding hydrogens is 285 g/mol. The van der Waals surface area contributed by atoms with Crippen molar-refractivity contribution >= 4 is 24.0 Å². The molecule has 0 spiro atoms. The summed E-state index contributed by atoms with van der Waals surface area (Å²) in [5.41, 5.74) is 4.88. The molecule has 3 N–H and O–H groups in total. The summed E-state index contributed by atoms with van der Waals surface area (Å²) in [6, 6.07) is 0.939. The summed E-state index contributed by atoms with van der Waals surface area (Å²) in [4.78, 5) is 11.5. The van der Waals surface area contributed by atoms with Crippen LogP contribution in [0.2, 0.25) is 0 Å². The monoisotopic (exact) mass is 298 g/mol. The Hall–Kier alpha value is -1.31. The zero-order chi connectivity index (χ0) is 13.7. The lowest BCUT2D eigenvalue weighted by atomic mass is 10.2. The first kappa shape index (κ1) is 17.7. The van der Waals surface area contributed by atoms with Crippen LogP contribution in [0.5, 0.6) is 0 Å². The molecule has 0 heterocycles. The summed E-state index contributed by atoms with van der Waals surface area (Å²) in [5, 5.41) is 2.12. The average Bonchev–Trinajstić information content (AvgIpc) is 2.33. The van der Waals surface area contributed by atoms with Crippen LogP contribution in [-0.2, 0) is 9.53 Å². The van der Waals surface area contributed by atoms with Crippen LogP contribution >= 0.6 is 12.4 Å². The predicted octanol–water partition coefficient (Wildman–Crippen LogP) is 1.83. The number of hydrogen-bond donors (Lipinski definition) is 2. The molecule has 0 aliphatic heterocycles. The van der Waals surface area contributed by atoms with Crippen LogP contribution in [0.25, 0.3) is 0 Å². The molecule has 0 fully saturated rings. The van der Waals surface area contributed by atoms with Crippen molar-refractivity contribution in [2.24, 2.45) is 5.73 Å². The van der Waals surface area contributed by atoms with E-state index in [1.54, 1.807) is 0 Å². The van der Waals surface area contributed by atoms with Crippen LogP contribution in [0.4, 0.5) is 18.9 Å². The Morgan fingerprint density at radius 1 is 1.32 bits per heavy atom. The second kappa shape index (κ2) is 7.98. The Morgan fingerprint density at radius 3 is 2.42 bits per heavy atom. The van der Waals surface area contributed by atoms with Gasteiger partial charge >= 0.3 is 0 Å². The standard InChI is InChI=1S/C11H13F3N2O2.ClH/c1-18-6(5-15)2-11(17)16-10-4-8(13)7(12)3-9(10)14;/h3-4,6H,2,5,15H2,1H3,(H,16,17);1H. The minimum Gasteiger partial charge on any atom is -0.380 e. The SMILES string of the molecule is COC(CN)CC(=O)Nc1cc(F)c(F)cc1F.Cl. The number of ether oxygens (including phenoxy) is 1. The van der Waals surface area contributed by atoms with Gasteiger partial charge in [0.2, 0.25) is 5.91 Å². The van der Waals surface area contributed by atoms with Gasteiger partial charge in [0.15, 0.2) is 11.6 Å². The molecule has 1 aromatic rings. The highest BCUT2D eigenvalue weighted by atomic mass is 35.5. The summed E-state index contributed by atoms with van der Waals surface area (Å²) in [6.45, 7) is 0.115. The van der Waals surface area contributed by atoms with Gasteiger partial charge in [0.1, 0.15) is 5.82 Å². The molecule has 1 unspecified atom stereocenters. The van der Waals surface area contributed by atoms with Crippen molar-refractivity contribution in [2.75, 3.05) is 19.0 Å². The van der Waals surface area contributed by atoms with Crippen molar-refractivity contribution in [2.45, 2.75) is 12.5 Å². The van der Waals surface area contributed by atoms with Crippen molar-refractivity contribution in [3.63, 3.8) is 0 Å². The van der Waals surface area contributed by atoms with E-state index >= 15 is 0 Å². The maximum Gasteiger partial charge on any atom is 0.227 e. The first-order valence-electron chi connectivity index (χ1n) is 5.15. The fourth-order valence-corrected chi connectivity index (χ4v) is 1.29. The Labute approximate surface area is 114 Å². The Bertz CT molecular complexity index is 442. The number of methoxy groups -OCH3 is 1. The summed E-state index contributed by atoms with van der Waals surface area (Å²) in [6.07, 6.45) is -0.621. The van der Waals surface area contributed by atoms with Crippen LogP contribution in [0.15, 0.2) is 12.1 Å². The number of hydrogen-bond acceptors (Lipinski definition) is 3. The molecule has 0 aliphatic carbocycles. The number of rotatable bonds is 5.